The molecule has 0 amide bonds. The summed E-state index contributed by atoms with van der Waals surface area (Å²) in [6.45, 7) is 2.48. The van der Waals surface area contributed by atoms with Crippen molar-refractivity contribution < 1.29 is 4.74 Å². The molecule has 1 aromatic carbocycles. The molecular formula is C14H15N5O2. The first-order valence-corrected chi connectivity index (χ1v) is 6.57. The molecule has 1 atom stereocenters. The van der Waals surface area contributed by atoms with Gasteiger partial charge in [0.25, 0.3) is 5.56 Å². The van der Waals surface area contributed by atoms with Gasteiger partial charge in [-0.15, -0.1) is 0 Å². The van der Waals surface area contributed by atoms with Gasteiger partial charge in [0, 0.05) is 0 Å². The van der Waals surface area contributed by atoms with Gasteiger partial charge in [-0.2, -0.15) is 5.10 Å². The van der Waals surface area contributed by atoms with Gasteiger partial charge in [-0.1, -0.05) is 6.07 Å². The van der Waals surface area contributed by atoms with E-state index in [0.717, 1.165) is 0 Å². The highest BCUT2D eigenvalue weighted by Crippen LogP contribution is 2.20. The molecule has 0 N–H and O–H groups in total. The van der Waals surface area contributed by atoms with Crippen LogP contribution >= 0.6 is 0 Å². The molecule has 0 saturated carbocycles. The molecule has 21 heavy (non-hydrogen) atoms. The quantitative estimate of drug-likeness (QED) is 0.721. The van der Waals surface area contributed by atoms with Crippen LogP contribution in [-0.4, -0.2) is 31.4 Å². The Kier molecular flexibility index (Phi) is 3.39. The molecule has 0 aliphatic rings. The van der Waals surface area contributed by atoms with Crippen molar-refractivity contribution in [1.29, 1.82) is 0 Å². The zero-order valence-corrected chi connectivity index (χ0v) is 11.8. The average molecular weight is 285 g/mol. The van der Waals surface area contributed by atoms with E-state index in [2.05, 4.69) is 15.1 Å². The Labute approximate surface area is 120 Å². The molecule has 2 heterocycles. The van der Waals surface area contributed by atoms with Crippen molar-refractivity contribution in [3.63, 3.8) is 0 Å². The molecule has 0 spiro atoms. The van der Waals surface area contributed by atoms with Crippen molar-refractivity contribution >= 4 is 10.9 Å². The van der Waals surface area contributed by atoms with Crippen LogP contribution in [-0.2, 0) is 6.54 Å². The minimum atomic E-state index is -0.120. The van der Waals surface area contributed by atoms with Crippen LogP contribution in [0.5, 0.6) is 5.75 Å². The third-order valence-corrected chi connectivity index (χ3v) is 3.39. The second-order valence-corrected chi connectivity index (χ2v) is 4.78. The number of ether oxygens (including phenoxy) is 1. The molecule has 0 saturated heterocycles. The fourth-order valence-electron chi connectivity index (χ4n) is 2.32. The first kappa shape index (κ1) is 13.3. The van der Waals surface area contributed by atoms with E-state index < -0.39 is 0 Å². The molecule has 0 aliphatic carbocycles. The lowest BCUT2D eigenvalue weighted by Gasteiger charge is -2.15. The summed E-state index contributed by atoms with van der Waals surface area (Å²) < 4.78 is 8.54. The highest BCUT2D eigenvalue weighted by molar-refractivity contribution is 5.83. The van der Waals surface area contributed by atoms with Gasteiger partial charge in [0.15, 0.2) is 0 Å². The summed E-state index contributed by atoms with van der Waals surface area (Å²) in [5.41, 5.74) is 0.508. The van der Waals surface area contributed by atoms with Gasteiger partial charge in [-0.3, -0.25) is 14.0 Å². The van der Waals surface area contributed by atoms with Gasteiger partial charge >= 0.3 is 0 Å². The Morgan fingerprint density at radius 1 is 1.33 bits per heavy atom. The largest absolute Gasteiger partial charge is 0.496 e. The summed E-state index contributed by atoms with van der Waals surface area (Å²) in [7, 11) is 1.55. The summed E-state index contributed by atoms with van der Waals surface area (Å²) in [6, 6.07) is 5.28. The van der Waals surface area contributed by atoms with E-state index in [4.69, 9.17) is 4.74 Å². The molecule has 7 heteroatoms. The number of methoxy groups -OCH3 is 1. The third kappa shape index (κ3) is 2.37. The van der Waals surface area contributed by atoms with E-state index in [1.165, 1.54) is 6.33 Å². The number of benzene rings is 1. The fourth-order valence-corrected chi connectivity index (χ4v) is 2.32. The van der Waals surface area contributed by atoms with Gasteiger partial charge in [0.2, 0.25) is 0 Å². The molecular weight excluding hydrogens is 270 g/mol. The number of fused-ring (bicyclic) bond motifs is 1. The van der Waals surface area contributed by atoms with Crippen molar-refractivity contribution in [3.8, 4) is 5.75 Å². The van der Waals surface area contributed by atoms with Crippen LogP contribution in [0.3, 0.4) is 0 Å². The van der Waals surface area contributed by atoms with Crippen molar-refractivity contribution in [2.24, 2.45) is 0 Å². The van der Waals surface area contributed by atoms with Crippen LogP contribution in [0, 0.1) is 0 Å². The summed E-state index contributed by atoms with van der Waals surface area (Å²) in [5, 5.41) is 4.55. The van der Waals surface area contributed by atoms with Crippen molar-refractivity contribution in [2.75, 3.05) is 7.11 Å². The van der Waals surface area contributed by atoms with Crippen LogP contribution in [0.4, 0.5) is 0 Å². The Hall–Kier alpha value is -2.70. The molecule has 0 fully saturated rings. The number of aromatic nitrogens is 5. The van der Waals surface area contributed by atoms with E-state index >= 15 is 0 Å². The van der Waals surface area contributed by atoms with Gasteiger partial charge in [0.1, 0.15) is 23.8 Å². The maximum absolute atomic E-state index is 12.7. The van der Waals surface area contributed by atoms with E-state index in [0.29, 0.717) is 23.2 Å². The summed E-state index contributed by atoms with van der Waals surface area (Å²) >= 11 is 0. The zero-order chi connectivity index (χ0) is 14.8. The lowest BCUT2D eigenvalue weighted by atomic mass is 10.2. The van der Waals surface area contributed by atoms with Crippen LogP contribution in [0.2, 0.25) is 0 Å². The Bertz CT molecular complexity index is 810. The normalized spacial score (nSPS) is 12.5. The minimum absolute atomic E-state index is 0.0963. The molecule has 3 aromatic rings. The number of hydrogen-bond donors (Lipinski definition) is 0. The summed E-state index contributed by atoms with van der Waals surface area (Å²) in [6.07, 6.45) is 4.65. The van der Waals surface area contributed by atoms with E-state index in [1.54, 1.807) is 41.1 Å². The number of rotatable bonds is 4. The molecule has 108 valence electrons. The lowest BCUT2D eigenvalue weighted by Crippen LogP contribution is -2.26. The highest BCUT2D eigenvalue weighted by Gasteiger charge is 2.13. The van der Waals surface area contributed by atoms with Crippen molar-refractivity contribution in [1.82, 2.24) is 24.3 Å². The topological polar surface area (TPSA) is 74.8 Å². The molecule has 0 radical (unpaired) electrons. The highest BCUT2D eigenvalue weighted by atomic mass is 16.5. The van der Waals surface area contributed by atoms with E-state index in [1.807, 2.05) is 13.0 Å². The Morgan fingerprint density at radius 2 is 2.19 bits per heavy atom. The molecule has 0 bridgehead atoms. The second-order valence-electron chi connectivity index (χ2n) is 4.78. The summed E-state index contributed by atoms with van der Waals surface area (Å²) in [4.78, 5) is 20.9. The predicted molar refractivity (Wildman–Crippen MR) is 77.3 cm³/mol. The Morgan fingerprint density at radius 3 is 2.90 bits per heavy atom. The van der Waals surface area contributed by atoms with Crippen molar-refractivity contribution in [3.05, 3.63) is 47.5 Å². The smallest absolute Gasteiger partial charge is 0.265 e. The van der Waals surface area contributed by atoms with Crippen LogP contribution < -0.4 is 10.3 Å². The van der Waals surface area contributed by atoms with E-state index in [-0.39, 0.29) is 11.6 Å². The molecule has 3 rings (SSSR count). The minimum Gasteiger partial charge on any atom is -0.496 e. The number of nitrogens with zero attached hydrogens (tertiary/aromatic N) is 5. The van der Waals surface area contributed by atoms with Crippen LogP contribution in [0.1, 0.15) is 13.0 Å². The number of hydrogen-bond acceptors (Lipinski definition) is 5. The van der Waals surface area contributed by atoms with Crippen LogP contribution in [0.15, 0.2) is 42.0 Å². The fraction of sp³-hybridized carbons (Fsp3) is 0.286. The first-order valence-electron chi connectivity index (χ1n) is 6.57. The third-order valence-electron chi connectivity index (χ3n) is 3.39. The molecule has 0 aliphatic heterocycles. The van der Waals surface area contributed by atoms with E-state index in [9.17, 15) is 4.79 Å². The molecule has 2 aromatic heterocycles. The standard InChI is InChI=1S/C14H15N5O2/c1-10(6-18-8-15-7-17-18)19-9-16-11-4-3-5-12(21-2)13(11)14(19)20/h3-5,7-10H,6H2,1-2H3. The van der Waals surface area contributed by atoms with Crippen LogP contribution in [0.25, 0.3) is 10.9 Å². The molecule has 1 unspecified atom stereocenters. The SMILES string of the molecule is COc1cccc2ncn(C(C)Cn3cncn3)c(=O)c12. The molecule has 7 nitrogen and oxygen atoms in total. The Balaban J connectivity index is 2.07. The van der Waals surface area contributed by atoms with Gasteiger partial charge < -0.3 is 4.74 Å². The zero-order valence-electron chi connectivity index (χ0n) is 11.8. The lowest BCUT2D eigenvalue weighted by molar-refractivity contribution is 0.413. The van der Waals surface area contributed by atoms with Crippen molar-refractivity contribution in [2.45, 2.75) is 19.5 Å². The maximum atomic E-state index is 12.7. The maximum Gasteiger partial charge on any atom is 0.265 e. The summed E-state index contributed by atoms with van der Waals surface area (Å²) in [5.74, 6) is 0.535. The predicted octanol–water partition coefficient (Wildman–Crippen LogP) is 1.26. The van der Waals surface area contributed by atoms with Gasteiger partial charge in [-0.25, -0.2) is 9.97 Å². The van der Waals surface area contributed by atoms with Gasteiger partial charge in [-0.05, 0) is 19.1 Å². The van der Waals surface area contributed by atoms with Gasteiger partial charge in [0.05, 0.1) is 31.5 Å². The first-order chi connectivity index (χ1) is 10.2. The average Bonchev–Trinajstić information content (AvgIpc) is 2.99. The monoisotopic (exact) mass is 285 g/mol. The second kappa shape index (κ2) is 5.35.